The predicted octanol–water partition coefficient (Wildman–Crippen LogP) is 2.61. The Morgan fingerprint density at radius 3 is 2.58 bits per heavy atom. The molecule has 0 aromatic heterocycles. The van der Waals surface area contributed by atoms with Gasteiger partial charge in [-0.1, -0.05) is 49.5 Å². The van der Waals surface area contributed by atoms with Crippen molar-refractivity contribution < 1.29 is 4.79 Å². The Morgan fingerprint density at radius 1 is 1.32 bits per heavy atom. The monoisotopic (exact) mass is 276 g/mol. The number of hydrogen-bond acceptors (Lipinski definition) is 2. The van der Waals surface area contributed by atoms with Crippen LogP contribution in [0.25, 0.3) is 6.08 Å². The normalized spacial score (nSPS) is 10.6. The van der Waals surface area contributed by atoms with Crippen molar-refractivity contribution in [3.8, 4) is 0 Å². The molecule has 1 aromatic rings. The highest BCUT2D eigenvalue weighted by Gasteiger charge is 2.09. The molecule has 0 aliphatic heterocycles. The van der Waals surface area contributed by atoms with Crippen LogP contribution in [0.5, 0.6) is 0 Å². The molecule has 0 bridgehead atoms. The molecule has 0 saturated heterocycles. The highest BCUT2D eigenvalue weighted by atomic mass is 32.1. The van der Waals surface area contributed by atoms with E-state index in [1.807, 2.05) is 43.3 Å². The lowest BCUT2D eigenvalue weighted by atomic mass is 10.2. The Morgan fingerprint density at radius 2 is 2.00 bits per heavy atom. The van der Waals surface area contributed by atoms with E-state index in [1.165, 1.54) is 0 Å². The number of carbonyl (C=O) groups excluding carboxylic acids is 1. The molecule has 0 fully saturated rings. The van der Waals surface area contributed by atoms with Crippen LogP contribution in [0.15, 0.2) is 36.4 Å². The number of hydrogen-bond donors (Lipinski definition) is 1. The predicted molar refractivity (Wildman–Crippen MR) is 83.7 cm³/mol. The van der Waals surface area contributed by atoms with Gasteiger partial charge in [-0.2, -0.15) is 0 Å². The average Bonchev–Trinajstić information content (AvgIpc) is 2.41. The summed E-state index contributed by atoms with van der Waals surface area (Å²) in [5.41, 5.74) is 6.49. The summed E-state index contributed by atoms with van der Waals surface area (Å²) in [5, 5.41) is 0. The molecule has 0 atom stereocenters. The molecule has 3 nitrogen and oxygen atoms in total. The number of carbonyl (C=O) groups is 1. The number of nitrogens with two attached hydrogens (primary N) is 1. The highest BCUT2D eigenvalue weighted by molar-refractivity contribution is 7.80. The van der Waals surface area contributed by atoms with Gasteiger partial charge in [0.05, 0.1) is 4.99 Å². The van der Waals surface area contributed by atoms with Crippen molar-refractivity contribution >= 4 is 29.2 Å². The second-order valence-electron chi connectivity index (χ2n) is 4.29. The SMILES string of the molecule is CCCN(CCC(N)=S)C(=O)/C=C/c1ccccc1. The number of nitrogens with zero attached hydrogens (tertiary/aromatic N) is 1. The number of benzene rings is 1. The summed E-state index contributed by atoms with van der Waals surface area (Å²) < 4.78 is 0. The topological polar surface area (TPSA) is 46.3 Å². The molecule has 1 rings (SSSR count). The van der Waals surface area contributed by atoms with E-state index in [1.54, 1.807) is 11.0 Å². The van der Waals surface area contributed by atoms with Crippen molar-refractivity contribution in [3.05, 3.63) is 42.0 Å². The minimum absolute atomic E-state index is 0.00181. The molecule has 0 saturated carbocycles. The molecule has 19 heavy (non-hydrogen) atoms. The van der Waals surface area contributed by atoms with Crippen LogP contribution in [0, 0.1) is 0 Å². The Bertz CT molecular complexity index is 443. The fourth-order valence-electron chi connectivity index (χ4n) is 1.68. The lowest BCUT2D eigenvalue weighted by molar-refractivity contribution is -0.125. The van der Waals surface area contributed by atoms with Crippen LogP contribution < -0.4 is 5.73 Å². The third-order valence-electron chi connectivity index (χ3n) is 2.65. The second kappa shape index (κ2) is 8.43. The molecule has 0 aliphatic rings. The van der Waals surface area contributed by atoms with Crippen molar-refractivity contribution in [1.29, 1.82) is 0 Å². The van der Waals surface area contributed by atoms with Gasteiger partial charge < -0.3 is 10.6 Å². The fourth-order valence-corrected chi connectivity index (χ4v) is 1.78. The minimum atomic E-state index is 0.00181. The van der Waals surface area contributed by atoms with Crippen LogP contribution in [-0.2, 0) is 4.79 Å². The smallest absolute Gasteiger partial charge is 0.246 e. The first-order valence-corrected chi connectivity index (χ1v) is 6.84. The molecule has 0 aliphatic carbocycles. The molecule has 102 valence electrons. The summed E-state index contributed by atoms with van der Waals surface area (Å²) >= 11 is 4.85. The van der Waals surface area contributed by atoms with E-state index < -0.39 is 0 Å². The van der Waals surface area contributed by atoms with Crippen molar-refractivity contribution in [2.45, 2.75) is 19.8 Å². The van der Waals surface area contributed by atoms with Crippen LogP contribution >= 0.6 is 12.2 Å². The maximum absolute atomic E-state index is 12.1. The highest BCUT2D eigenvalue weighted by Crippen LogP contribution is 2.03. The third-order valence-corrected chi connectivity index (χ3v) is 2.86. The standard InChI is InChI=1S/C15H20N2OS/c1-2-11-17(12-10-14(16)19)15(18)9-8-13-6-4-3-5-7-13/h3-9H,2,10-12H2,1H3,(H2,16,19)/b9-8+. The molecule has 4 heteroatoms. The Labute approximate surface area is 120 Å². The van der Waals surface area contributed by atoms with Gasteiger partial charge in [0, 0.05) is 25.6 Å². The van der Waals surface area contributed by atoms with E-state index in [0.29, 0.717) is 18.0 Å². The summed E-state index contributed by atoms with van der Waals surface area (Å²) in [6, 6.07) is 9.76. The molecule has 1 amide bonds. The molecule has 1 aromatic carbocycles. The zero-order chi connectivity index (χ0) is 14.1. The van der Waals surface area contributed by atoms with Gasteiger partial charge in [-0.3, -0.25) is 4.79 Å². The first kappa shape index (κ1) is 15.4. The molecule has 0 unspecified atom stereocenters. The summed E-state index contributed by atoms with van der Waals surface area (Å²) in [6.45, 7) is 3.35. The molecular formula is C15H20N2OS. The van der Waals surface area contributed by atoms with Gasteiger partial charge in [0.2, 0.25) is 5.91 Å². The maximum Gasteiger partial charge on any atom is 0.246 e. The minimum Gasteiger partial charge on any atom is -0.393 e. The van der Waals surface area contributed by atoms with E-state index in [-0.39, 0.29) is 5.91 Å². The van der Waals surface area contributed by atoms with E-state index >= 15 is 0 Å². The molecular weight excluding hydrogens is 256 g/mol. The number of amides is 1. The quantitative estimate of drug-likeness (QED) is 0.615. The number of thiocarbonyl (C=S) groups is 1. The van der Waals surface area contributed by atoms with E-state index in [2.05, 4.69) is 0 Å². The fraction of sp³-hybridized carbons (Fsp3) is 0.333. The van der Waals surface area contributed by atoms with Gasteiger partial charge in [0.15, 0.2) is 0 Å². The number of rotatable bonds is 7. The third kappa shape index (κ3) is 6.15. The average molecular weight is 276 g/mol. The van der Waals surface area contributed by atoms with Gasteiger partial charge in [0.1, 0.15) is 0 Å². The van der Waals surface area contributed by atoms with Crippen LogP contribution in [0.4, 0.5) is 0 Å². The van der Waals surface area contributed by atoms with Crippen molar-refractivity contribution in [3.63, 3.8) is 0 Å². The van der Waals surface area contributed by atoms with Crippen LogP contribution in [0.2, 0.25) is 0 Å². The second-order valence-corrected chi connectivity index (χ2v) is 4.81. The van der Waals surface area contributed by atoms with E-state index in [0.717, 1.165) is 18.5 Å². The Balaban J connectivity index is 2.61. The zero-order valence-electron chi connectivity index (χ0n) is 11.2. The lowest BCUT2D eigenvalue weighted by Crippen LogP contribution is -2.33. The maximum atomic E-state index is 12.1. The zero-order valence-corrected chi connectivity index (χ0v) is 12.0. The lowest BCUT2D eigenvalue weighted by Gasteiger charge is -2.20. The van der Waals surface area contributed by atoms with Crippen molar-refractivity contribution in [2.24, 2.45) is 5.73 Å². The first-order chi connectivity index (χ1) is 9.13. The van der Waals surface area contributed by atoms with Gasteiger partial charge in [-0.25, -0.2) is 0 Å². The van der Waals surface area contributed by atoms with Gasteiger partial charge in [0.25, 0.3) is 0 Å². The van der Waals surface area contributed by atoms with E-state index in [9.17, 15) is 4.79 Å². The summed E-state index contributed by atoms with van der Waals surface area (Å²) in [5.74, 6) is 0.00181. The van der Waals surface area contributed by atoms with Crippen LogP contribution in [0.3, 0.4) is 0 Å². The molecule has 2 N–H and O–H groups in total. The van der Waals surface area contributed by atoms with Gasteiger partial charge in [-0.05, 0) is 18.1 Å². The molecule has 0 spiro atoms. The van der Waals surface area contributed by atoms with E-state index in [4.69, 9.17) is 18.0 Å². The summed E-state index contributed by atoms with van der Waals surface area (Å²) in [6.07, 6.45) is 4.92. The molecule has 0 radical (unpaired) electrons. The summed E-state index contributed by atoms with van der Waals surface area (Å²) in [4.78, 5) is 14.3. The van der Waals surface area contributed by atoms with Crippen LogP contribution in [0.1, 0.15) is 25.3 Å². The summed E-state index contributed by atoms with van der Waals surface area (Å²) in [7, 11) is 0. The Hall–Kier alpha value is -1.68. The van der Waals surface area contributed by atoms with Crippen molar-refractivity contribution in [1.82, 2.24) is 4.90 Å². The van der Waals surface area contributed by atoms with Crippen molar-refractivity contribution in [2.75, 3.05) is 13.1 Å². The largest absolute Gasteiger partial charge is 0.393 e. The first-order valence-electron chi connectivity index (χ1n) is 6.44. The Kier molecular flexibility index (Phi) is 6.82. The van der Waals surface area contributed by atoms with Crippen LogP contribution in [-0.4, -0.2) is 28.9 Å². The molecule has 0 heterocycles. The van der Waals surface area contributed by atoms with Gasteiger partial charge in [-0.15, -0.1) is 0 Å². The van der Waals surface area contributed by atoms with Gasteiger partial charge >= 0.3 is 0 Å².